The van der Waals surface area contributed by atoms with Crippen molar-refractivity contribution < 1.29 is 4.42 Å². The van der Waals surface area contributed by atoms with Crippen LogP contribution < -0.4 is 5.63 Å². The summed E-state index contributed by atoms with van der Waals surface area (Å²) in [6.07, 6.45) is 0. The second kappa shape index (κ2) is 8.35. The van der Waals surface area contributed by atoms with E-state index in [0.717, 1.165) is 43.3 Å². The Morgan fingerprint density at radius 2 is 1.76 bits per heavy atom. The van der Waals surface area contributed by atoms with Crippen molar-refractivity contribution in [3.8, 4) is 16.4 Å². The van der Waals surface area contributed by atoms with Gasteiger partial charge in [-0.25, -0.2) is 4.79 Å². The van der Waals surface area contributed by atoms with Gasteiger partial charge in [0.25, 0.3) is 0 Å². The van der Waals surface area contributed by atoms with Gasteiger partial charge < -0.3 is 4.42 Å². The molecule has 0 fully saturated rings. The predicted octanol–water partition coefficient (Wildman–Crippen LogP) is 6.55. The summed E-state index contributed by atoms with van der Waals surface area (Å²) in [7, 11) is 0. The molecule has 0 amide bonds. The number of hydrogen-bond acceptors (Lipinski definition) is 6. The second-order valence-electron chi connectivity index (χ2n) is 7.49. The van der Waals surface area contributed by atoms with E-state index in [4.69, 9.17) is 4.42 Å². The number of aromatic nitrogens is 3. The molecule has 7 heteroatoms. The Hall–Kier alpha value is -3.68. The summed E-state index contributed by atoms with van der Waals surface area (Å²) < 4.78 is 7.58. The van der Waals surface area contributed by atoms with Crippen LogP contribution in [0.2, 0.25) is 0 Å². The highest BCUT2D eigenvalue weighted by atomic mass is 32.2. The molecule has 0 aliphatic heterocycles. The number of hydrogen-bond donors (Lipinski definition) is 0. The summed E-state index contributed by atoms with van der Waals surface area (Å²) >= 11 is 3.19. The highest BCUT2D eigenvalue weighted by Gasteiger charge is 2.18. The van der Waals surface area contributed by atoms with E-state index in [1.807, 2.05) is 72.1 Å². The molecule has 0 N–H and O–H groups in total. The number of fused-ring (bicyclic) bond motifs is 3. The van der Waals surface area contributed by atoms with E-state index in [1.54, 1.807) is 29.2 Å². The molecule has 0 saturated carbocycles. The predicted molar refractivity (Wildman–Crippen MR) is 134 cm³/mol. The minimum absolute atomic E-state index is 0.350. The van der Waals surface area contributed by atoms with Crippen LogP contribution in [0.5, 0.6) is 0 Å². The first-order chi connectivity index (χ1) is 16.3. The topological polar surface area (TPSA) is 60.9 Å². The Kier molecular flexibility index (Phi) is 5.05. The minimum Gasteiger partial charge on any atom is -0.423 e. The molecule has 5 nitrogen and oxygen atoms in total. The number of rotatable bonds is 5. The van der Waals surface area contributed by atoms with Gasteiger partial charge in [-0.3, -0.25) is 4.57 Å². The van der Waals surface area contributed by atoms with E-state index in [0.29, 0.717) is 11.3 Å². The quantitative estimate of drug-likeness (QED) is 0.163. The van der Waals surface area contributed by atoms with Crippen molar-refractivity contribution in [2.45, 2.75) is 10.9 Å². The van der Waals surface area contributed by atoms with Gasteiger partial charge in [0.1, 0.15) is 5.58 Å². The molecule has 6 rings (SSSR count). The van der Waals surface area contributed by atoms with Crippen molar-refractivity contribution in [2.75, 3.05) is 0 Å². The largest absolute Gasteiger partial charge is 0.423 e. The summed E-state index contributed by atoms with van der Waals surface area (Å²) in [6.45, 7) is 0. The van der Waals surface area contributed by atoms with Gasteiger partial charge in [-0.15, -0.1) is 21.5 Å². The molecule has 0 radical (unpaired) electrons. The van der Waals surface area contributed by atoms with Crippen LogP contribution in [0, 0.1) is 0 Å². The van der Waals surface area contributed by atoms with Crippen LogP contribution >= 0.6 is 23.1 Å². The van der Waals surface area contributed by atoms with E-state index < -0.39 is 0 Å². The molecule has 0 unspecified atom stereocenters. The van der Waals surface area contributed by atoms with Gasteiger partial charge in [0.2, 0.25) is 0 Å². The Labute approximate surface area is 197 Å². The average Bonchev–Trinajstić information content (AvgIpc) is 3.52. The summed E-state index contributed by atoms with van der Waals surface area (Å²) in [5, 5.41) is 15.0. The minimum atomic E-state index is -0.350. The maximum atomic E-state index is 12.3. The van der Waals surface area contributed by atoms with E-state index >= 15 is 0 Å². The van der Waals surface area contributed by atoms with Crippen LogP contribution in [-0.4, -0.2) is 14.8 Å². The number of nitrogens with zero attached hydrogens (tertiary/aromatic N) is 3. The molecule has 3 aromatic heterocycles. The third-order valence-electron chi connectivity index (χ3n) is 5.46. The van der Waals surface area contributed by atoms with Crippen LogP contribution in [0.3, 0.4) is 0 Å². The molecule has 0 spiro atoms. The molecule has 0 aliphatic rings. The molecule has 0 atom stereocenters. The van der Waals surface area contributed by atoms with Crippen molar-refractivity contribution in [2.24, 2.45) is 0 Å². The Morgan fingerprint density at radius 1 is 0.909 bits per heavy atom. The molecule has 6 aromatic rings. The smallest absolute Gasteiger partial charge is 0.336 e. The van der Waals surface area contributed by atoms with Gasteiger partial charge in [-0.1, -0.05) is 66.4 Å². The van der Waals surface area contributed by atoms with Gasteiger partial charge in [-0.05, 0) is 46.0 Å². The lowest BCUT2D eigenvalue weighted by molar-refractivity contribution is 0.560. The van der Waals surface area contributed by atoms with Crippen molar-refractivity contribution in [3.63, 3.8) is 0 Å². The summed E-state index contributed by atoms with van der Waals surface area (Å²) in [4.78, 5) is 13.3. The van der Waals surface area contributed by atoms with Crippen molar-refractivity contribution in [3.05, 3.63) is 106 Å². The number of benzene rings is 3. The molecule has 3 heterocycles. The fourth-order valence-corrected chi connectivity index (χ4v) is 5.65. The fraction of sp³-hybridized carbons (Fsp3) is 0.0385. The lowest BCUT2D eigenvalue weighted by Gasteiger charge is -2.11. The lowest BCUT2D eigenvalue weighted by Crippen LogP contribution is -2.02. The summed E-state index contributed by atoms with van der Waals surface area (Å²) in [5.74, 6) is 1.37. The van der Waals surface area contributed by atoms with E-state index in [2.05, 4.69) is 26.9 Å². The Bertz CT molecular complexity index is 1640. The number of para-hydroxylation sites is 1. The molecule has 160 valence electrons. The Morgan fingerprint density at radius 3 is 2.61 bits per heavy atom. The first kappa shape index (κ1) is 20.0. The summed E-state index contributed by atoms with van der Waals surface area (Å²) in [5.41, 5.74) is 2.16. The van der Waals surface area contributed by atoms with E-state index in [9.17, 15) is 4.79 Å². The molecule has 3 aromatic carbocycles. The maximum Gasteiger partial charge on any atom is 0.336 e. The average molecular weight is 468 g/mol. The van der Waals surface area contributed by atoms with Crippen molar-refractivity contribution in [1.82, 2.24) is 14.8 Å². The zero-order valence-corrected chi connectivity index (χ0v) is 19.0. The molecular formula is C26H17N3O2S2. The number of thiophene rings is 1. The van der Waals surface area contributed by atoms with Crippen molar-refractivity contribution >= 4 is 44.8 Å². The molecular weight excluding hydrogens is 450 g/mol. The first-order valence-corrected chi connectivity index (χ1v) is 12.3. The second-order valence-corrected chi connectivity index (χ2v) is 9.38. The lowest BCUT2D eigenvalue weighted by atomic mass is 10.0. The van der Waals surface area contributed by atoms with E-state index in [-0.39, 0.29) is 5.63 Å². The van der Waals surface area contributed by atoms with Crippen LogP contribution in [0.1, 0.15) is 5.56 Å². The third-order valence-corrected chi connectivity index (χ3v) is 7.30. The molecule has 0 saturated heterocycles. The number of thioether (sulfide) groups is 1. The maximum absolute atomic E-state index is 12.3. The van der Waals surface area contributed by atoms with Gasteiger partial charge in [0, 0.05) is 22.9 Å². The zero-order valence-electron chi connectivity index (χ0n) is 17.3. The fourth-order valence-electron chi connectivity index (χ4n) is 4.01. The highest BCUT2D eigenvalue weighted by molar-refractivity contribution is 7.98. The molecule has 0 bridgehead atoms. The van der Waals surface area contributed by atoms with Gasteiger partial charge >= 0.3 is 5.63 Å². The van der Waals surface area contributed by atoms with Crippen LogP contribution in [0.4, 0.5) is 0 Å². The Balaban J connectivity index is 1.46. The van der Waals surface area contributed by atoms with Crippen LogP contribution in [0.25, 0.3) is 38.1 Å². The normalized spacial score (nSPS) is 11.4. The zero-order chi connectivity index (χ0) is 22.2. The SMILES string of the molecule is O=c1cc(CSc2nnc(-c3cccs3)n2-c2ccccc2)c2c(ccc3ccccc32)o1. The van der Waals surface area contributed by atoms with Gasteiger partial charge in [-0.2, -0.15) is 0 Å². The first-order valence-electron chi connectivity index (χ1n) is 10.4. The standard InChI is InChI=1S/C26H17N3O2S2/c30-23-15-18(24-20-10-5-4-7-17(20)12-13-21(24)31-23)16-33-26-28-27-25(22-11-6-14-32-22)29(26)19-8-2-1-3-9-19/h1-15H,16H2. The third kappa shape index (κ3) is 3.65. The van der Waals surface area contributed by atoms with Crippen LogP contribution in [-0.2, 0) is 5.75 Å². The van der Waals surface area contributed by atoms with E-state index in [1.165, 1.54) is 0 Å². The highest BCUT2D eigenvalue weighted by Crippen LogP contribution is 2.34. The van der Waals surface area contributed by atoms with Crippen LogP contribution in [0.15, 0.2) is 105 Å². The van der Waals surface area contributed by atoms with Gasteiger partial charge in [0.05, 0.1) is 4.88 Å². The monoisotopic (exact) mass is 467 g/mol. The summed E-state index contributed by atoms with van der Waals surface area (Å²) in [6, 6.07) is 27.7. The molecule has 0 aliphatic carbocycles. The van der Waals surface area contributed by atoms with Crippen molar-refractivity contribution in [1.29, 1.82) is 0 Å². The van der Waals surface area contributed by atoms with Gasteiger partial charge in [0.15, 0.2) is 11.0 Å². The molecule has 33 heavy (non-hydrogen) atoms.